The van der Waals surface area contributed by atoms with Gasteiger partial charge in [0.05, 0.1) is 12.3 Å². The van der Waals surface area contributed by atoms with E-state index < -0.39 is 10.0 Å². The van der Waals surface area contributed by atoms with E-state index in [1.54, 1.807) is 30.5 Å². The number of rotatable bonds is 6. The van der Waals surface area contributed by atoms with Gasteiger partial charge in [-0.25, -0.2) is 8.42 Å². The van der Waals surface area contributed by atoms with Crippen molar-refractivity contribution in [1.29, 1.82) is 0 Å². The Kier molecular flexibility index (Phi) is 5.91. The third-order valence-electron chi connectivity index (χ3n) is 4.91. The van der Waals surface area contributed by atoms with Crippen molar-refractivity contribution in [2.75, 3.05) is 37.7 Å². The zero-order chi connectivity index (χ0) is 21.0. The minimum absolute atomic E-state index is 0.208. The van der Waals surface area contributed by atoms with E-state index in [0.29, 0.717) is 44.2 Å². The molecule has 0 bridgehead atoms. The Labute approximate surface area is 176 Å². The second kappa shape index (κ2) is 8.76. The molecule has 0 spiro atoms. The van der Waals surface area contributed by atoms with Crippen molar-refractivity contribution in [1.82, 2.24) is 19.5 Å². The molecule has 0 radical (unpaired) electrons. The standard InChI is InChI=1S/C21H23N5O3S/c1-2-29-19-8-3-4-9-20(19)30(27,28)26-15-13-25(14-16-26)21-11-10-18(23-24-21)17-7-5-6-12-22-17/h3-12H,2,13-16H2,1H3. The molecule has 1 aliphatic rings. The van der Waals surface area contributed by atoms with Gasteiger partial charge in [0.2, 0.25) is 10.0 Å². The lowest BCUT2D eigenvalue weighted by Crippen LogP contribution is -2.49. The summed E-state index contributed by atoms with van der Waals surface area (Å²) < 4.78 is 33.2. The summed E-state index contributed by atoms with van der Waals surface area (Å²) in [6, 6.07) is 16.2. The molecule has 0 aliphatic carbocycles. The van der Waals surface area contributed by atoms with E-state index in [0.717, 1.165) is 11.5 Å². The number of hydrogen-bond donors (Lipinski definition) is 0. The first-order chi connectivity index (χ1) is 14.6. The van der Waals surface area contributed by atoms with Gasteiger partial charge in [-0.3, -0.25) is 4.98 Å². The van der Waals surface area contributed by atoms with Crippen molar-refractivity contribution in [3.63, 3.8) is 0 Å². The number of sulfonamides is 1. The number of benzene rings is 1. The highest BCUT2D eigenvalue weighted by molar-refractivity contribution is 7.89. The second-order valence-electron chi connectivity index (χ2n) is 6.76. The number of hydrogen-bond acceptors (Lipinski definition) is 7. The maximum Gasteiger partial charge on any atom is 0.246 e. The Morgan fingerprint density at radius 3 is 2.33 bits per heavy atom. The van der Waals surface area contributed by atoms with Gasteiger partial charge in [-0.05, 0) is 43.3 Å². The van der Waals surface area contributed by atoms with Crippen molar-refractivity contribution in [3.05, 3.63) is 60.8 Å². The molecule has 0 atom stereocenters. The summed E-state index contributed by atoms with van der Waals surface area (Å²) in [7, 11) is -3.63. The first-order valence-corrected chi connectivity index (χ1v) is 11.3. The van der Waals surface area contributed by atoms with Crippen molar-refractivity contribution in [2.45, 2.75) is 11.8 Å². The summed E-state index contributed by atoms with van der Waals surface area (Å²) in [6.07, 6.45) is 1.72. The zero-order valence-corrected chi connectivity index (χ0v) is 17.5. The molecule has 1 aliphatic heterocycles. The van der Waals surface area contributed by atoms with E-state index >= 15 is 0 Å². The maximum atomic E-state index is 13.1. The van der Waals surface area contributed by atoms with E-state index in [1.807, 2.05) is 42.2 Å². The third-order valence-corrected chi connectivity index (χ3v) is 6.85. The van der Waals surface area contributed by atoms with Gasteiger partial charge in [-0.2, -0.15) is 4.31 Å². The first kappa shape index (κ1) is 20.2. The van der Waals surface area contributed by atoms with Crippen LogP contribution in [0.25, 0.3) is 11.4 Å². The fourth-order valence-corrected chi connectivity index (χ4v) is 4.93. The van der Waals surface area contributed by atoms with Crippen molar-refractivity contribution < 1.29 is 13.2 Å². The van der Waals surface area contributed by atoms with Crippen LogP contribution in [0.2, 0.25) is 0 Å². The average molecular weight is 426 g/mol. The molecule has 0 unspecified atom stereocenters. The molecule has 0 saturated carbocycles. The molecule has 3 aromatic rings. The van der Waals surface area contributed by atoms with Crippen LogP contribution >= 0.6 is 0 Å². The van der Waals surface area contributed by atoms with Gasteiger partial charge in [0.15, 0.2) is 5.82 Å². The van der Waals surface area contributed by atoms with Gasteiger partial charge in [0.25, 0.3) is 0 Å². The van der Waals surface area contributed by atoms with Crippen LogP contribution in [-0.2, 0) is 10.0 Å². The number of ether oxygens (including phenoxy) is 1. The highest BCUT2D eigenvalue weighted by Crippen LogP contribution is 2.28. The molecule has 1 saturated heterocycles. The molecule has 2 aromatic heterocycles. The lowest BCUT2D eigenvalue weighted by Gasteiger charge is -2.34. The van der Waals surface area contributed by atoms with Crippen LogP contribution in [0.1, 0.15) is 6.92 Å². The summed E-state index contributed by atoms with van der Waals surface area (Å²) in [5, 5.41) is 8.58. The molecule has 30 heavy (non-hydrogen) atoms. The lowest BCUT2D eigenvalue weighted by molar-refractivity contribution is 0.327. The normalized spacial score (nSPS) is 15.2. The fraction of sp³-hybridized carbons (Fsp3) is 0.286. The SMILES string of the molecule is CCOc1ccccc1S(=O)(=O)N1CCN(c2ccc(-c3ccccn3)nn2)CC1. The Morgan fingerprint density at radius 2 is 1.67 bits per heavy atom. The quantitative estimate of drug-likeness (QED) is 0.599. The van der Waals surface area contributed by atoms with Crippen LogP contribution in [-0.4, -0.2) is 60.7 Å². The summed E-state index contributed by atoms with van der Waals surface area (Å²) in [5.41, 5.74) is 1.47. The summed E-state index contributed by atoms with van der Waals surface area (Å²) in [4.78, 5) is 6.52. The van der Waals surface area contributed by atoms with Gasteiger partial charge < -0.3 is 9.64 Å². The second-order valence-corrected chi connectivity index (χ2v) is 8.67. The Hall–Kier alpha value is -3.04. The minimum atomic E-state index is -3.63. The summed E-state index contributed by atoms with van der Waals surface area (Å²) in [6.45, 7) is 4.05. The number of nitrogens with zero attached hydrogens (tertiary/aromatic N) is 5. The number of piperazine rings is 1. The van der Waals surface area contributed by atoms with Crippen molar-refractivity contribution >= 4 is 15.8 Å². The van der Waals surface area contributed by atoms with E-state index in [2.05, 4.69) is 15.2 Å². The Bertz CT molecular complexity index is 1080. The first-order valence-electron chi connectivity index (χ1n) is 9.81. The molecule has 1 fully saturated rings. The zero-order valence-electron chi connectivity index (χ0n) is 16.7. The van der Waals surface area contributed by atoms with E-state index in [9.17, 15) is 8.42 Å². The highest BCUT2D eigenvalue weighted by Gasteiger charge is 2.31. The van der Waals surface area contributed by atoms with Crippen LogP contribution < -0.4 is 9.64 Å². The number of anilines is 1. The van der Waals surface area contributed by atoms with Crippen LogP contribution in [0.3, 0.4) is 0 Å². The van der Waals surface area contributed by atoms with Gasteiger partial charge in [-0.1, -0.05) is 18.2 Å². The van der Waals surface area contributed by atoms with Crippen LogP contribution in [0.5, 0.6) is 5.75 Å². The van der Waals surface area contributed by atoms with Gasteiger partial charge in [0, 0.05) is 32.4 Å². The largest absolute Gasteiger partial charge is 0.492 e. The van der Waals surface area contributed by atoms with E-state index in [4.69, 9.17) is 4.74 Å². The fourth-order valence-electron chi connectivity index (χ4n) is 3.38. The predicted molar refractivity (Wildman–Crippen MR) is 114 cm³/mol. The molecule has 3 heterocycles. The molecule has 9 heteroatoms. The van der Waals surface area contributed by atoms with Gasteiger partial charge >= 0.3 is 0 Å². The summed E-state index contributed by atoms with van der Waals surface area (Å²) >= 11 is 0. The van der Waals surface area contributed by atoms with E-state index in [-0.39, 0.29) is 4.90 Å². The van der Waals surface area contributed by atoms with E-state index in [1.165, 1.54) is 4.31 Å². The molecule has 0 amide bonds. The van der Waals surface area contributed by atoms with Gasteiger partial charge in [-0.15, -0.1) is 10.2 Å². The molecular weight excluding hydrogens is 402 g/mol. The molecule has 1 aromatic carbocycles. The Morgan fingerprint density at radius 1 is 0.900 bits per heavy atom. The van der Waals surface area contributed by atoms with Gasteiger partial charge in [0.1, 0.15) is 16.3 Å². The predicted octanol–water partition coefficient (Wildman–Crippen LogP) is 2.45. The average Bonchev–Trinajstić information content (AvgIpc) is 2.80. The van der Waals surface area contributed by atoms with Crippen molar-refractivity contribution in [2.24, 2.45) is 0 Å². The molecule has 4 rings (SSSR count). The minimum Gasteiger partial charge on any atom is -0.492 e. The van der Waals surface area contributed by atoms with Crippen LogP contribution in [0.4, 0.5) is 5.82 Å². The lowest BCUT2D eigenvalue weighted by atomic mass is 10.2. The maximum absolute atomic E-state index is 13.1. The van der Waals surface area contributed by atoms with Crippen molar-refractivity contribution in [3.8, 4) is 17.1 Å². The molecule has 8 nitrogen and oxygen atoms in total. The Balaban J connectivity index is 1.45. The highest BCUT2D eigenvalue weighted by atomic mass is 32.2. The number of para-hydroxylation sites is 1. The monoisotopic (exact) mass is 425 g/mol. The topological polar surface area (TPSA) is 88.5 Å². The number of pyridine rings is 1. The third kappa shape index (κ3) is 4.12. The van der Waals surface area contributed by atoms with Crippen LogP contribution in [0, 0.1) is 0 Å². The molecule has 156 valence electrons. The molecule has 0 N–H and O–H groups in total. The molecular formula is C21H23N5O3S. The van der Waals surface area contributed by atoms with Crippen LogP contribution in [0.15, 0.2) is 65.7 Å². The smallest absolute Gasteiger partial charge is 0.246 e. The number of aromatic nitrogens is 3. The summed E-state index contributed by atoms with van der Waals surface area (Å²) in [5.74, 6) is 1.11.